The first-order valence-electron chi connectivity index (χ1n) is 6.43. The van der Waals surface area contributed by atoms with Gasteiger partial charge in [0.15, 0.2) is 0 Å². The minimum Gasteiger partial charge on any atom is -0.496 e. The highest BCUT2D eigenvalue weighted by molar-refractivity contribution is 5.72. The molecule has 0 aliphatic rings. The molecule has 2 aromatic rings. The van der Waals surface area contributed by atoms with Crippen LogP contribution in [0.5, 0.6) is 5.75 Å². The van der Waals surface area contributed by atoms with Gasteiger partial charge in [-0.05, 0) is 26.0 Å². The number of imidazole rings is 1. The van der Waals surface area contributed by atoms with E-state index in [0.29, 0.717) is 6.42 Å². The van der Waals surface area contributed by atoms with Crippen LogP contribution in [0.1, 0.15) is 23.5 Å². The third-order valence-corrected chi connectivity index (χ3v) is 3.10. The number of H-pyrrole nitrogens is 1. The van der Waals surface area contributed by atoms with E-state index in [1.807, 2.05) is 32.0 Å². The summed E-state index contributed by atoms with van der Waals surface area (Å²) in [6, 6.07) is 5.87. The van der Waals surface area contributed by atoms with Crippen LogP contribution < -0.4 is 4.74 Å². The Kier molecular flexibility index (Phi) is 4.08. The Morgan fingerprint density at radius 2 is 2.15 bits per heavy atom. The minimum absolute atomic E-state index is 0.0722. The van der Waals surface area contributed by atoms with E-state index in [0.717, 1.165) is 34.1 Å². The van der Waals surface area contributed by atoms with Crippen LogP contribution in [0.4, 0.5) is 0 Å². The molecule has 1 aromatic heterocycles. The van der Waals surface area contributed by atoms with Crippen LogP contribution in [0.15, 0.2) is 18.2 Å². The quantitative estimate of drug-likeness (QED) is 0.879. The summed E-state index contributed by atoms with van der Waals surface area (Å²) in [6.45, 7) is 3.86. The van der Waals surface area contributed by atoms with Crippen molar-refractivity contribution in [3.05, 3.63) is 35.3 Å². The van der Waals surface area contributed by atoms with Gasteiger partial charge < -0.3 is 14.8 Å². The predicted molar refractivity (Wildman–Crippen MR) is 76.0 cm³/mol. The van der Waals surface area contributed by atoms with Crippen LogP contribution >= 0.6 is 0 Å². The molecule has 0 bridgehead atoms. The molecule has 0 atom stereocenters. The summed E-state index contributed by atoms with van der Waals surface area (Å²) in [6.07, 6.45) is 0.491. The molecule has 0 saturated heterocycles. The lowest BCUT2D eigenvalue weighted by atomic mass is 10.0. The second-order valence-electron chi connectivity index (χ2n) is 4.75. The standard InChI is InChI=1S/C15H18N2O3/c1-9-4-6-13(20-3)11(8-9)15-12(5-7-14(18)19)16-10(2)17-15/h4,6,8H,5,7H2,1-3H3,(H,16,17)(H,18,19). The maximum Gasteiger partial charge on any atom is 0.303 e. The Labute approximate surface area is 117 Å². The number of nitrogens with zero attached hydrogens (tertiary/aromatic N) is 1. The molecule has 106 valence electrons. The van der Waals surface area contributed by atoms with Gasteiger partial charge >= 0.3 is 5.97 Å². The number of aliphatic carboxylic acids is 1. The van der Waals surface area contributed by atoms with Crippen molar-refractivity contribution in [3.8, 4) is 17.0 Å². The molecule has 1 heterocycles. The molecule has 5 nitrogen and oxygen atoms in total. The van der Waals surface area contributed by atoms with Crippen LogP contribution in [-0.2, 0) is 11.2 Å². The van der Waals surface area contributed by atoms with Crippen molar-refractivity contribution in [2.75, 3.05) is 7.11 Å². The largest absolute Gasteiger partial charge is 0.496 e. The van der Waals surface area contributed by atoms with Gasteiger partial charge in [-0.1, -0.05) is 11.6 Å². The molecule has 20 heavy (non-hydrogen) atoms. The molecule has 1 aromatic carbocycles. The van der Waals surface area contributed by atoms with E-state index in [1.165, 1.54) is 0 Å². The zero-order valence-corrected chi connectivity index (χ0v) is 11.9. The highest BCUT2D eigenvalue weighted by Crippen LogP contribution is 2.32. The van der Waals surface area contributed by atoms with Gasteiger partial charge in [0.05, 0.1) is 19.2 Å². The highest BCUT2D eigenvalue weighted by atomic mass is 16.5. The number of nitrogens with one attached hydrogen (secondary N) is 1. The number of hydrogen-bond acceptors (Lipinski definition) is 3. The Morgan fingerprint density at radius 3 is 2.80 bits per heavy atom. The lowest BCUT2D eigenvalue weighted by Gasteiger charge is -2.09. The zero-order valence-electron chi connectivity index (χ0n) is 11.9. The van der Waals surface area contributed by atoms with E-state index < -0.39 is 5.97 Å². The first kappa shape index (κ1) is 14.1. The molecule has 0 amide bonds. The molecule has 5 heteroatoms. The smallest absolute Gasteiger partial charge is 0.303 e. The summed E-state index contributed by atoms with van der Waals surface area (Å²) < 4.78 is 5.37. The molecular formula is C15H18N2O3. The number of methoxy groups -OCH3 is 1. The Hall–Kier alpha value is -2.30. The maximum atomic E-state index is 10.7. The lowest BCUT2D eigenvalue weighted by molar-refractivity contribution is -0.136. The van der Waals surface area contributed by atoms with Crippen molar-refractivity contribution >= 4 is 5.97 Å². The Balaban J connectivity index is 2.46. The van der Waals surface area contributed by atoms with Crippen LogP contribution in [0.25, 0.3) is 11.3 Å². The lowest BCUT2D eigenvalue weighted by Crippen LogP contribution is -1.99. The second kappa shape index (κ2) is 5.77. The predicted octanol–water partition coefficient (Wildman–Crippen LogP) is 2.72. The fraction of sp³-hybridized carbons (Fsp3) is 0.333. The average molecular weight is 274 g/mol. The van der Waals surface area contributed by atoms with Gasteiger partial charge in [-0.2, -0.15) is 0 Å². The first-order valence-corrected chi connectivity index (χ1v) is 6.43. The average Bonchev–Trinajstić information content (AvgIpc) is 2.77. The first-order chi connectivity index (χ1) is 9.51. The van der Waals surface area contributed by atoms with Crippen molar-refractivity contribution in [2.24, 2.45) is 0 Å². The van der Waals surface area contributed by atoms with Gasteiger partial charge in [-0.15, -0.1) is 0 Å². The van der Waals surface area contributed by atoms with Crippen LogP contribution in [0.2, 0.25) is 0 Å². The zero-order chi connectivity index (χ0) is 14.7. The van der Waals surface area contributed by atoms with E-state index in [9.17, 15) is 4.79 Å². The summed E-state index contributed by atoms with van der Waals surface area (Å²) in [4.78, 5) is 18.4. The molecule has 0 saturated carbocycles. The van der Waals surface area contributed by atoms with Gasteiger partial charge in [0, 0.05) is 17.7 Å². The number of rotatable bonds is 5. The van der Waals surface area contributed by atoms with E-state index >= 15 is 0 Å². The number of aromatic amines is 1. The van der Waals surface area contributed by atoms with Crippen LogP contribution in [0, 0.1) is 13.8 Å². The fourth-order valence-electron chi connectivity index (χ4n) is 2.18. The van der Waals surface area contributed by atoms with E-state index in [4.69, 9.17) is 9.84 Å². The van der Waals surface area contributed by atoms with Crippen LogP contribution in [-0.4, -0.2) is 28.2 Å². The van der Waals surface area contributed by atoms with Gasteiger partial charge in [0.1, 0.15) is 11.6 Å². The molecule has 0 aliphatic carbocycles. The number of carbonyl (C=O) groups is 1. The number of aromatic nitrogens is 2. The summed E-state index contributed by atoms with van der Waals surface area (Å²) in [5.41, 5.74) is 3.58. The van der Waals surface area contributed by atoms with E-state index in [1.54, 1.807) is 7.11 Å². The third kappa shape index (κ3) is 2.99. The molecule has 0 aliphatic heterocycles. The maximum absolute atomic E-state index is 10.7. The molecular weight excluding hydrogens is 256 g/mol. The van der Waals surface area contributed by atoms with Gasteiger partial charge in [0.25, 0.3) is 0 Å². The third-order valence-electron chi connectivity index (χ3n) is 3.10. The van der Waals surface area contributed by atoms with Gasteiger partial charge in [-0.25, -0.2) is 4.98 Å². The SMILES string of the molecule is COc1ccc(C)cc1-c1nc(C)[nH]c1CCC(=O)O. The van der Waals surface area contributed by atoms with Crippen molar-refractivity contribution in [3.63, 3.8) is 0 Å². The molecule has 0 spiro atoms. The minimum atomic E-state index is -0.820. The Morgan fingerprint density at radius 1 is 1.40 bits per heavy atom. The summed E-state index contributed by atoms with van der Waals surface area (Å²) in [7, 11) is 1.62. The number of benzene rings is 1. The molecule has 0 fully saturated rings. The summed E-state index contributed by atoms with van der Waals surface area (Å²) >= 11 is 0. The monoisotopic (exact) mass is 274 g/mol. The van der Waals surface area contributed by atoms with Gasteiger partial charge in [-0.3, -0.25) is 4.79 Å². The fourth-order valence-corrected chi connectivity index (χ4v) is 2.18. The summed E-state index contributed by atoms with van der Waals surface area (Å²) in [5.74, 6) is 0.682. The van der Waals surface area contributed by atoms with Crippen molar-refractivity contribution in [1.82, 2.24) is 9.97 Å². The van der Waals surface area contributed by atoms with E-state index in [2.05, 4.69) is 9.97 Å². The molecule has 0 radical (unpaired) electrons. The topological polar surface area (TPSA) is 75.2 Å². The number of carboxylic acids is 1. The highest BCUT2D eigenvalue weighted by Gasteiger charge is 2.15. The van der Waals surface area contributed by atoms with E-state index in [-0.39, 0.29) is 6.42 Å². The number of carboxylic acid groups (broad SMARTS) is 1. The number of hydrogen-bond donors (Lipinski definition) is 2. The Bertz CT molecular complexity index is 632. The molecule has 0 unspecified atom stereocenters. The normalized spacial score (nSPS) is 10.6. The second-order valence-corrected chi connectivity index (χ2v) is 4.75. The van der Waals surface area contributed by atoms with Gasteiger partial charge in [0.2, 0.25) is 0 Å². The summed E-state index contributed by atoms with van der Waals surface area (Å²) in [5, 5.41) is 8.83. The van der Waals surface area contributed by atoms with Crippen molar-refractivity contribution in [1.29, 1.82) is 0 Å². The van der Waals surface area contributed by atoms with Crippen LogP contribution in [0.3, 0.4) is 0 Å². The number of ether oxygens (including phenoxy) is 1. The number of aryl methyl sites for hydroxylation is 3. The van der Waals surface area contributed by atoms with Crippen molar-refractivity contribution < 1.29 is 14.6 Å². The molecule has 2 N–H and O–H groups in total. The molecule has 2 rings (SSSR count). The van der Waals surface area contributed by atoms with Crippen molar-refractivity contribution in [2.45, 2.75) is 26.7 Å².